The number of hydrogen-bond donors (Lipinski definition) is 2. The van der Waals surface area contributed by atoms with Crippen LogP contribution in [0.3, 0.4) is 0 Å². The minimum Gasteiger partial charge on any atom is -0.343 e. The number of carbonyl (C=O) groups excluding carboxylic acids is 1. The van der Waals surface area contributed by atoms with Gasteiger partial charge in [0.1, 0.15) is 11.6 Å². The molecular weight excluding hydrogens is 362 g/mol. The minimum atomic E-state index is -0.540. The third-order valence-corrected chi connectivity index (χ3v) is 4.74. The van der Waals surface area contributed by atoms with Crippen molar-refractivity contribution < 1.29 is 4.79 Å². The van der Waals surface area contributed by atoms with E-state index in [1.165, 1.54) is 17.8 Å². The molecule has 2 heterocycles. The van der Waals surface area contributed by atoms with Gasteiger partial charge in [0, 0.05) is 12.4 Å². The molecule has 1 amide bonds. The zero-order valence-electron chi connectivity index (χ0n) is 14.5. The molecule has 1 atom stereocenters. The highest BCUT2D eigenvalue weighted by Gasteiger charge is 2.20. The average Bonchev–Trinajstić information content (AvgIpc) is 3.21. The van der Waals surface area contributed by atoms with Gasteiger partial charge in [0.25, 0.3) is 11.5 Å². The molecule has 3 rings (SSSR count). The van der Waals surface area contributed by atoms with Crippen molar-refractivity contribution in [2.45, 2.75) is 17.6 Å². The third kappa shape index (κ3) is 4.27. The van der Waals surface area contributed by atoms with E-state index in [0.717, 1.165) is 5.56 Å². The summed E-state index contributed by atoms with van der Waals surface area (Å²) in [5, 5.41) is 16.8. The summed E-state index contributed by atoms with van der Waals surface area (Å²) >= 11 is 1.25. The van der Waals surface area contributed by atoms with Gasteiger partial charge in [0.05, 0.1) is 23.2 Å². The first kappa shape index (κ1) is 18.5. The molecule has 27 heavy (non-hydrogen) atoms. The quantitative estimate of drug-likeness (QED) is 0.640. The van der Waals surface area contributed by atoms with Crippen molar-refractivity contribution in [3.63, 3.8) is 0 Å². The second kappa shape index (κ2) is 8.38. The molecular formula is C19H17N5O2S. The largest absolute Gasteiger partial charge is 0.343 e. The predicted molar refractivity (Wildman–Crippen MR) is 102 cm³/mol. The van der Waals surface area contributed by atoms with E-state index >= 15 is 0 Å². The lowest BCUT2D eigenvalue weighted by Crippen LogP contribution is -2.35. The lowest BCUT2D eigenvalue weighted by Gasteiger charge is -2.19. The Bertz CT molecular complexity index is 1020. The smallest absolute Gasteiger partial charge is 0.261 e. The van der Waals surface area contributed by atoms with Crippen LogP contribution in [0.2, 0.25) is 0 Å². The van der Waals surface area contributed by atoms with Crippen LogP contribution in [0.1, 0.15) is 27.5 Å². The number of nitrogens with zero attached hydrogens (tertiary/aromatic N) is 3. The fourth-order valence-electron chi connectivity index (χ4n) is 2.68. The molecule has 0 saturated carbocycles. The minimum absolute atomic E-state index is 0.0919. The van der Waals surface area contributed by atoms with E-state index in [-0.39, 0.29) is 17.2 Å². The summed E-state index contributed by atoms with van der Waals surface area (Å²) in [6, 6.07) is 14.2. The molecule has 0 aliphatic heterocycles. The first-order valence-corrected chi connectivity index (χ1v) is 9.39. The van der Waals surface area contributed by atoms with Crippen LogP contribution in [-0.2, 0) is 6.54 Å². The summed E-state index contributed by atoms with van der Waals surface area (Å²) in [6.07, 6.45) is 5.21. The van der Waals surface area contributed by atoms with Gasteiger partial charge in [-0.3, -0.25) is 14.3 Å². The maximum absolute atomic E-state index is 12.8. The Kier molecular flexibility index (Phi) is 5.74. The summed E-state index contributed by atoms with van der Waals surface area (Å²) in [7, 11) is 0. The van der Waals surface area contributed by atoms with Gasteiger partial charge in [0.15, 0.2) is 0 Å². The number of thioether (sulfide) groups is 1. The van der Waals surface area contributed by atoms with Crippen LogP contribution in [-0.4, -0.2) is 26.9 Å². The van der Waals surface area contributed by atoms with Crippen LogP contribution < -0.4 is 10.9 Å². The van der Waals surface area contributed by atoms with E-state index in [1.54, 1.807) is 29.4 Å². The van der Waals surface area contributed by atoms with E-state index in [4.69, 9.17) is 0 Å². The molecule has 0 fully saturated rings. The number of pyridine rings is 1. The van der Waals surface area contributed by atoms with Crippen molar-refractivity contribution in [2.24, 2.45) is 0 Å². The molecule has 1 unspecified atom stereocenters. The Morgan fingerprint density at radius 2 is 2.15 bits per heavy atom. The molecule has 3 aromatic rings. The van der Waals surface area contributed by atoms with E-state index in [1.807, 2.05) is 36.4 Å². The highest BCUT2D eigenvalue weighted by atomic mass is 32.2. The molecule has 0 saturated heterocycles. The van der Waals surface area contributed by atoms with Crippen LogP contribution in [0, 0.1) is 11.3 Å². The number of aromatic amines is 1. The van der Waals surface area contributed by atoms with E-state index in [0.29, 0.717) is 11.6 Å². The number of benzene rings is 1. The van der Waals surface area contributed by atoms with Gasteiger partial charge >= 0.3 is 0 Å². The van der Waals surface area contributed by atoms with Crippen molar-refractivity contribution in [2.75, 3.05) is 6.26 Å². The molecule has 1 aromatic carbocycles. The lowest BCUT2D eigenvalue weighted by atomic mass is 10.1. The van der Waals surface area contributed by atoms with E-state index in [9.17, 15) is 14.9 Å². The molecule has 2 aromatic heterocycles. The van der Waals surface area contributed by atoms with Crippen molar-refractivity contribution in [1.82, 2.24) is 20.1 Å². The van der Waals surface area contributed by atoms with Gasteiger partial charge in [-0.2, -0.15) is 10.4 Å². The van der Waals surface area contributed by atoms with Gasteiger partial charge in [-0.1, -0.05) is 30.3 Å². The number of H-pyrrole nitrogens is 1. The molecule has 8 heteroatoms. The number of carbonyl (C=O) groups is 1. The molecule has 0 spiro atoms. The second-order valence-electron chi connectivity index (χ2n) is 5.74. The van der Waals surface area contributed by atoms with Gasteiger partial charge in [-0.25, -0.2) is 0 Å². The monoisotopic (exact) mass is 379 g/mol. The highest BCUT2D eigenvalue weighted by molar-refractivity contribution is 7.98. The molecule has 2 N–H and O–H groups in total. The Morgan fingerprint density at radius 3 is 2.78 bits per heavy atom. The van der Waals surface area contributed by atoms with Crippen molar-refractivity contribution in [1.29, 1.82) is 5.26 Å². The van der Waals surface area contributed by atoms with Crippen LogP contribution in [0.5, 0.6) is 0 Å². The fraction of sp³-hybridized carbons (Fsp3) is 0.158. The molecule has 0 aliphatic rings. The Morgan fingerprint density at radius 1 is 1.37 bits per heavy atom. The van der Waals surface area contributed by atoms with Gasteiger partial charge in [-0.15, -0.1) is 11.8 Å². The average molecular weight is 379 g/mol. The molecule has 0 aliphatic carbocycles. The summed E-state index contributed by atoms with van der Waals surface area (Å²) < 4.78 is 1.71. The Balaban J connectivity index is 1.91. The summed E-state index contributed by atoms with van der Waals surface area (Å²) in [5.74, 6) is -0.540. The summed E-state index contributed by atoms with van der Waals surface area (Å²) in [6.45, 7) is 0.411. The van der Waals surface area contributed by atoms with Crippen LogP contribution in [0.25, 0.3) is 0 Å². The molecule has 136 valence electrons. The van der Waals surface area contributed by atoms with Crippen molar-refractivity contribution >= 4 is 17.7 Å². The third-order valence-electron chi connectivity index (χ3n) is 4.01. The number of aromatic nitrogens is 3. The number of amides is 1. The second-order valence-corrected chi connectivity index (χ2v) is 6.55. The maximum atomic E-state index is 12.8. The number of rotatable bonds is 6. The standard InChI is InChI=1S/C19H17N5O2S/c1-27-19-14(11-20)10-15(18(26)23-19)17(25)22-16(12-24-9-5-8-21-24)13-6-3-2-4-7-13/h2-10,16H,12H2,1H3,(H,22,25)(H,23,26). The van der Waals surface area contributed by atoms with Gasteiger partial charge in [0.2, 0.25) is 0 Å². The van der Waals surface area contributed by atoms with Crippen molar-refractivity contribution in [3.05, 3.63) is 81.9 Å². The van der Waals surface area contributed by atoms with Gasteiger partial charge < -0.3 is 10.3 Å². The SMILES string of the molecule is CSc1[nH]c(=O)c(C(=O)NC(Cn2cccn2)c2ccccc2)cc1C#N. The number of nitriles is 1. The summed E-state index contributed by atoms with van der Waals surface area (Å²) in [5.41, 5.74) is 0.530. The fourth-order valence-corrected chi connectivity index (χ4v) is 3.20. The molecule has 7 nitrogen and oxygen atoms in total. The lowest BCUT2D eigenvalue weighted by molar-refractivity contribution is 0.0930. The van der Waals surface area contributed by atoms with E-state index in [2.05, 4.69) is 15.4 Å². The molecule has 0 radical (unpaired) electrons. The summed E-state index contributed by atoms with van der Waals surface area (Å²) in [4.78, 5) is 27.6. The zero-order chi connectivity index (χ0) is 19.2. The number of hydrogen-bond acceptors (Lipinski definition) is 5. The van der Waals surface area contributed by atoms with Crippen LogP contribution in [0.15, 0.2) is 64.7 Å². The Labute approximate surface area is 160 Å². The number of nitrogens with one attached hydrogen (secondary N) is 2. The first-order chi connectivity index (χ1) is 13.1. The Hall–Kier alpha value is -3.31. The molecule has 0 bridgehead atoms. The maximum Gasteiger partial charge on any atom is 0.261 e. The first-order valence-electron chi connectivity index (χ1n) is 8.17. The predicted octanol–water partition coefficient (Wildman–Crippen LogP) is 2.34. The van der Waals surface area contributed by atoms with Crippen LogP contribution in [0.4, 0.5) is 0 Å². The van der Waals surface area contributed by atoms with Gasteiger partial charge in [-0.05, 0) is 24.0 Å². The highest BCUT2D eigenvalue weighted by Crippen LogP contribution is 2.18. The normalized spacial score (nSPS) is 11.6. The van der Waals surface area contributed by atoms with Crippen LogP contribution >= 0.6 is 11.8 Å². The topological polar surface area (TPSA) is 104 Å². The van der Waals surface area contributed by atoms with Crippen molar-refractivity contribution in [3.8, 4) is 6.07 Å². The zero-order valence-corrected chi connectivity index (χ0v) is 15.4. The van der Waals surface area contributed by atoms with E-state index < -0.39 is 11.5 Å².